The second-order valence-corrected chi connectivity index (χ2v) is 1.78. The number of carboxylic acids is 1. The maximum absolute atomic E-state index is 11.3. The molecule has 0 amide bonds. The number of allylic oxidation sites excluding steroid dienone is 1. The predicted octanol–water partition coefficient (Wildman–Crippen LogP) is 2.44. The first-order valence-corrected chi connectivity index (χ1v) is 2.86. The minimum absolute atomic E-state index is 0. The molecular formula is C6H9ClF2O2. The van der Waals surface area contributed by atoms with E-state index in [1.165, 1.54) is 0 Å². The second-order valence-electron chi connectivity index (χ2n) is 1.78. The van der Waals surface area contributed by atoms with Crippen molar-refractivity contribution in [1.82, 2.24) is 0 Å². The van der Waals surface area contributed by atoms with E-state index in [0.29, 0.717) is 0 Å². The van der Waals surface area contributed by atoms with Crippen molar-refractivity contribution in [2.45, 2.75) is 19.3 Å². The van der Waals surface area contributed by atoms with Crippen molar-refractivity contribution in [3.05, 3.63) is 12.2 Å². The molecule has 0 aromatic heterocycles. The summed E-state index contributed by atoms with van der Waals surface area (Å²) < 4.78 is 22.5. The van der Waals surface area contributed by atoms with E-state index in [4.69, 9.17) is 5.11 Å². The lowest BCUT2D eigenvalue weighted by molar-refractivity contribution is -0.137. The molecule has 0 fully saturated rings. The van der Waals surface area contributed by atoms with Gasteiger partial charge in [-0.2, -0.15) is 8.78 Å². The second kappa shape index (κ2) is 7.47. The van der Waals surface area contributed by atoms with Crippen LogP contribution in [0.25, 0.3) is 0 Å². The molecule has 0 rings (SSSR count). The third-order valence-electron chi connectivity index (χ3n) is 0.893. The van der Waals surface area contributed by atoms with E-state index in [0.717, 1.165) is 6.08 Å². The van der Waals surface area contributed by atoms with Gasteiger partial charge >= 0.3 is 5.97 Å². The minimum atomic E-state index is -1.75. The standard InChI is InChI=1S/C6H8F2O2.ClH/c7-5(8)3-1-2-4-6(9)10;/h3H,1-2,4H2,(H,9,10);1H. The van der Waals surface area contributed by atoms with Crippen molar-refractivity contribution < 1.29 is 18.7 Å². The third-order valence-corrected chi connectivity index (χ3v) is 0.893. The van der Waals surface area contributed by atoms with Gasteiger partial charge in [0, 0.05) is 6.42 Å². The Bertz CT molecular complexity index is 144. The molecule has 0 radical (unpaired) electrons. The Hall–Kier alpha value is -0.640. The Kier molecular flexibility index (Phi) is 8.82. The summed E-state index contributed by atoms with van der Waals surface area (Å²) in [7, 11) is 0. The Balaban J connectivity index is 0. The summed E-state index contributed by atoms with van der Waals surface area (Å²) in [6.45, 7) is 0. The van der Waals surface area contributed by atoms with Gasteiger partial charge in [-0.05, 0) is 18.9 Å². The van der Waals surface area contributed by atoms with Crippen LogP contribution in [0.3, 0.4) is 0 Å². The van der Waals surface area contributed by atoms with Gasteiger partial charge in [0.05, 0.1) is 0 Å². The molecule has 0 bridgehead atoms. The fourth-order valence-electron chi connectivity index (χ4n) is 0.464. The highest BCUT2D eigenvalue weighted by Crippen LogP contribution is 2.02. The van der Waals surface area contributed by atoms with E-state index in [9.17, 15) is 13.6 Å². The molecule has 0 atom stereocenters. The molecule has 0 aliphatic heterocycles. The van der Waals surface area contributed by atoms with Crippen LogP contribution in [0, 0.1) is 0 Å². The van der Waals surface area contributed by atoms with Gasteiger partial charge in [-0.25, -0.2) is 0 Å². The normalized spacial score (nSPS) is 8.18. The molecule has 5 heteroatoms. The summed E-state index contributed by atoms with van der Waals surface area (Å²) in [6.07, 6.45) is -0.668. The minimum Gasteiger partial charge on any atom is -0.481 e. The average molecular weight is 187 g/mol. The SMILES string of the molecule is Cl.O=C(O)CCCC=C(F)F. The Labute approximate surface area is 69.3 Å². The molecule has 0 aromatic carbocycles. The van der Waals surface area contributed by atoms with Crippen LogP contribution in [0.4, 0.5) is 8.78 Å². The molecule has 11 heavy (non-hydrogen) atoms. The lowest BCUT2D eigenvalue weighted by Gasteiger charge is -1.88. The number of halogens is 3. The smallest absolute Gasteiger partial charge is 0.303 e. The summed E-state index contributed by atoms with van der Waals surface area (Å²) in [6, 6.07) is 0. The number of carbonyl (C=O) groups is 1. The van der Waals surface area contributed by atoms with E-state index >= 15 is 0 Å². The quantitative estimate of drug-likeness (QED) is 0.685. The number of unbranched alkanes of at least 4 members (excludes halogenated alkanes) is 1. The lowest BCUT2D eigenvalue weighted by Crippen LogP contribution is -1.92. The van der Waals surface area contributed by atoms with Crippen molar-refractivity contribution in [2.75, 3.05) is 0 Å². The molecule has 0 saturated heterocycles. The Morgan fingerprint density at radius 1 is 1.45 bits per heavy atom. The molecule has 0 aliphatic carbocycles. The van der Waals surface area contributed by atoms with Gasteiger partial charge in [0.2, 0.25) is 0 Å². The monoisotopic (exact) mass is 186 g/mol. The molecule has 0 aromatic rings. The number of hydrogen-bond donors (Lipinski definition) is 1. The third kappa shape index (κ3) is 12.5. The number of hydrogen-bond acceptors (Lipinski definition) is 1. The van der Waals surface area contributed by atoms with E-state index in [-0.39, 0.29) is 31.7 Å². The number of aliphatic carboxylic acids is 1. The van der Waals surface area contributed by atoms with Gasteiger partial charge in [-0.1, -0.05) is 0 Å². The maximum atomic E-state index is 11.3. The molecule has 66 valence electrons. The van der Waals surface area contributed by atoms with Crippen LogP contribution in [-0.4, -0.2) is 11.1 Å². The summed E-state index contributed by atoms with van der Waals surface area (Å²) in [5.41, 5.74) is 0. The van der Waals surface area contributed by atoms with Crippen LogP contribution >= 0.6 is 12.4 Å². The zero-order valence-corrected chi connectivity index (χ0v) is 6.53. The van der Waals surface area contributed by atoms with Crippen molar-refractivity contribution in [1.29, 1.82) is 0 Å². The average Bonchev–Trinajstić information content (AvgIpc) is 1.79. The molecule has 2 nitrogen and oxygen atoms in total. The summed E-state index contributed by atoms with van der Waals surface area (Å²) >= 11 is 0. The summed E-state index contributed by atoms with van der Waals surface area (Å²) in [5.74, 6) is -0.951. The largest absolute Gasteiger partial charge is 0.481 e. The molecule has 0 heterocycles. The number of rotatable bonds is 4. The van der Waals surface area contributed by atoms with Gasteiger partial charge in [0.1, 0.15) is 0 Å². The molecule has 0 spiro atoms. The van der Waals surface area contributed by atoms with Crippen LogP contribution in [-0.2, 0) is 4.79 Å². The Morgan fingerprint density at radius 2 is 2.00 bits per heavy atom. The highest BCUT2D eigenvalue weighted by atomic mass is 35.5. The Morgan fingerprint density at radius 3 is 2.36 bits per heavy atom. The molecule has 1 N–H and O–H groups in total. The van der Waals surface area contributed by atoms with Crippen molar-refractivity contribution in [3.8, 4) is 0 Å². The highest BCUT2D eigenvalue weighted by molar-refractivity contribution is 5.85. The molecule has 0 saturated carbocycles. The first-order valence-electron chi connectivity index (χ1n) is 2.86. The van der Waals surface area contributed by atoms with Gasteiger partial charge in [-0.3, -0.25) is 4.79 Å². The zero-order chi connectivity index (χ0) is 7.98. The van der Waals surface area contributed by atoms with Crippen molar-refractivity contribution in [2.24, 2.45) is 0 Å². The van der Waals surface area contributed by atoms with E-state index in [2.05, 4.69) is 0 Å². The van der Waals surface area contributed by atoms with Crippen LogP contribution in [0.1, 0.15) is 19.3 Å². The first-order chi connectivity index (χ1) is 4.63. The summed E-state index contributed by atoms with van der Waals surface area (Å²) in [5, 5.41) is 8.07. The van der Waals surface area contributed by atoms with Gasteiger partial charge in [-0.15, -0.1) is 12.4 Å². The van der Waals surface area contributed by atoms with Crippen LogP contribution in [0.5, 0.6) is 0 Å². The lowest BCUT2D eigenvalue weighted by atomic mass is 10.2. The fraction of sp³-hybridized carbons (Fsp3) is 0.500. The molecule has 0 unspecified atom stereocenters. The van der Waals surface area contributed by atoms with Crippen molar-refractivity contribution >= 4 is 18.4 Å². The molecule has 0 aliphatic rings. The van der Waals surface area contributed by atoms with Gasteiger partial charge < -0.3 is 5.11 Å². The van der Waals surface area contributed by atoms with E-state index < -0.39 is 12.0 Å². The fourth-order valence-corrected chi connectivity index (χ4v) is 0.464. The topological polar surface area (TPSA) is 37.3 Å². The maximum Gasteiger partial charge on any atom is 0.303 e. The van der Waals surface area contributed by atoms with Crippen molar-refractivity contribution in [3.63, 3.8) is 0 Å². The summed E-state index contributed by atoms with van der Waals surface area (Å²) in [4.78, 5) is 9.84. The molecular weight excluding hydrogens is 178 g/mol. The first kappa shape index (κ1) is 13.0. The van der Waals surface area contributed by atoms with Crippen LogP contribution in [0.2, 0.25) is 0 Å². The zero-order valence-electron chi connectivity index (χ0n) is 5.72. The number of carboxylic acid groups (broad SMARTS) is 1. The highest BCUT2D eigenvalue weighted by Gasteiger charge is 1.94. The van der Waals surface area contributed by atoms with Gasteiger partial charge in [0.15, 0.2) is 0 Å². The van der Waals surface area contributed by atoms with E-state index in [1.54, 1.807) is 0 Å². The van der Waals surface area contributed by atoms with Crippen LogP contribution < -0.4 is 0 Å². The van der Waals surface area contributed by atoms with E-state index in [1.807, 2.05) is 0 Å². The van der Waals surface area contributed by atoms with Gasteiger partial charge in [0.25, 0.3) is 6.08 Å². The van der Waals surface area contributed by atoms with Crippen LogP contribution in [0.15, 0.2) is 12.2 Å². The predicted molar refractivity (Wildman–Crippen MR) is 39.0 cm³/mol.